The van der Waals surface area contributed by atoms with Crippen LogP contribution in [0.5, 0.6) is 0 Å². The van der Waals surface area contributed by atoms with Crippen molar-refractivity contribution in [1.82, 2.24) is 18.6 Å². The zero-order valence-corrected chi connectivity index (χ0v) is 64.8. The summed E-state index contributed by atoms with van der Waals surface area (Å²) in [6, 6.07) is 55.6. The smallest absolute Gasteiger partial charge is 0.333 e. The molecule has 0 saturated carbocycles. The Morgan fingerprint density at radius 1 is 0.320 bits per heavy atom. The van der Waals surface area contributed by atoms with Crippen LogP contribution >= 0.6 is 0 Å². The molecule has 0 fully saturated rings. The van der Waals surface area contributed by atoms with Gasteiger partial charge in [0.15, 0.2) is 7.28 Å². The fourth-order valence-corrected chi connectivity index (χ4v) is 18.0. The molecular formula is C94H102B2N4. The van der Waals surface area contributed by atoms with E-state index in [1.807, 2.05) is 0 Å². The highest BCUT2D eigenvalue weighted by molar-refractivity contribution is 6.90. The minimum atomic E-state index is -0.151. The molecule has 504 valence electrons. The van der Waals surface area contributed by atoms with E-state index in [2.05, 4.69) is 332 Å². The first-order chi connectivity index (χ1) is 46.5. The highest BCUT2D eigenvalue weighted by atomic mass is 15.0. The van der Waals surface area contributed by atoms with Crippen LogP contribution in [0.2, 0.25) is 0 Å². The maximum atomic E-state index is 4.20. The first kappa shape index (κ1) is 64.9. The van der Waals surface area contributed by atoms with Crippen LogP contribution in [0.3, 0.4) is 0 Å². The number of rotatable bonds is 2. The Hall–Kier alpha value is -8.47. The zero-order chi connectivity index (χ0) is 71.2. The van der Waals surface area contributed by atoms with Gasteiger partial charge in [0.05, 0.1) is 22.1 Å². The molecule has 17 rings (SSSR count). The van der Waals surface area contributed by atoms with Crippen LogP contribution in [0.25, 0.3) is 132 Å². The number of aromatic amines is 1. The first-order valence-corrected chi connectivity index (χ1v) is 37.3. The van der Waals surface area contributed by atoms with E-state index in [0.717, 1.165) is 7.28 Å². The number of aromatic nitrogens is 4. The standard InChI is InChI=1S/C94H102B2N4/c1-49-59(47-77-81(79(49)69-43-55(91(15,16)17)39-65-61-35-51(87(3,4)5)27-31-73(61)97-83(65)69)95-71-45-57(93(21,22)23)41-67-62-36-52(88(6,7)8)28-32-74(62)98(77)85(67)71)60-48-78-82-80(50(60)2)70-44-56(92(18,19)20)40-66-64-38-54(90(12,13)14)30-34-76(64)100(84(66)70)96(82)72-46-58(94(24,25)26)42-68-63-37-53(89(9,10)11)29-33-75(63)99(78)86(68)72/h27-48,95,97H,1-26H3. The number of hydrogen-bond acceptors (Lipinski definition) is 0. The van der Waals surface area contributed by atoms with E-state index in [9.17, 15) is 0 Å². The molecule has 0 spiro atoms. The molecule has 0 radical (unpaired) electrons. The second-order valence-corrected chi connectivity index (χ2v) is 39.3. The Bertz CT molecular complexity index is 6000. The molecule has 0 unspecified atom stereocenters. The number of hydrogen-bond donors (Lipinski definition) is 1. The van der Waals surface area contributed by atoms with E-state index in [1.165, 1.54) is 209 Å². The minimum absolute atomic E-state index is 0.0200. The molecule has 3 aliphatic rings. The molecule has 4 aromatic heterocycles. The number of H-pyrrole nitrogens is 1. The summed E-state index contributed by atoms with van der Waals surface area (Å²) in [5.74, 6) is 0. The monoisotopic (exact) mass is 1310 g/mol. The normalized spacial score (nSPS) is 14.4. The van der Waals surface area contributed by atoms with Gasteiger partial charge in [0.1, 0.15) is 0 Å². The van der Waals surface area contributed by atoms with Crippen molar-refractivity contribution in [1.29, 1.82) is 0 Å². The van der Waals surface area contributed by atoms with E-state index < -0.39 is 0 Å². The number of nitrogens with zero attached hydrogens (tertiary/aromatic N) is 3. The van der Waals surface area contributed by atoms with Crippen LogP contribution in [0.15, 0.2) is 133 Å². The van der Waals surface area contributed by atoms with E-state index in [1.54, 1.807) is 0 Å². The van der Waals surface area contributed by atoms with Gasteiger partial charge in [0, 0.05) is 87.7 Å². The molecule has 0 amide bonds. The number of benzene rings is 10. The first-order valence-electron chi connectivity index (χ1n) is 37.3. The highest BCUT2D eigenvalue weighted by Gasteiger charge is 2.45. The molecule has 4 nitrogen and oxygen atoms in total. The second kappa shape index (κ2) is 20.2. The van der Waals surface area contributed by atoms with Gasteiger partial charge in [0.2, 0.25) is 0 Å². The number of nitrogens with one attached hydrogen (secondary N) is 1. The summed E-state index contributed by atoms with van der Waals surface area (Å²) in [7, 11) is 0.802. The predicted molar refractivity (Wildman–Crippen MR) is 440 cm³/mol. The summed E-state index contributed by atoms with van der Waals surface area (Å²) in [4.78, 5) is 4.20. The molecular weight excluding hydrogens is 1210 g/mol. The molecule has 1 N–H and O–H groups in total. The number of fused-ring (bicyclic) bond motifs is 18. The summed E-state index contributed by atoms with van der Waals surface area (Å²) in [6.45, 7) is 62.1. The molecule has 10 aromatic carbocycles. The fraction of sp³-hybridized carbons (Fsp3) is 0.362. The summed E-state index contributed by atoms with van der Waals surface area (Å²) in [6.07, 6.45) is 0. The van der Waals surface area contributed by atoms with Gasteiger partial charge in [-0.3, -0.25) is 0 Å². The van der Waals surface area contributed by atoms with Gasteiger partial charge in [0.25, 0.3) is 0 Å². The van der Waals surface area contributed by atoms with Crippen molar-refractivity contribution >= 4 is 123 Å². The fourth-order valence-electron chi connectivity index (χ4n) is 18.0. The lowest BCUT2D eigenvalue weighted by Gasteiger charge is -2.37. The van der Waals surface area contributed by atoms with E-state index in [4.69, 9.17) is 0 Å². The second-order valence-electron chi connectivity index (χ2n) is 39.3. The van der Waals surface area contributed by atoms with Crippen molar-refractivity contribution in [3.8, 4) is 44.8 Å². The van der Waals surface area contributed by atoms with Crippen molar-refractivity contribution in [3.05, 3.63) is 189 Å². The predicted octanol–water partition coefficient (Wildman–Crippen LogP) is 22.6. The average Bonchev–Trinajstić information content (AvgIpc) is 1.44. The van der Waals surface area contributed by atoms with Crippen molar-refractivity contribution in [2.45, 2.75) is 223 Å². The summed E-state index contributed by atoms with van der Waals surface area (Å²) < 4.78 is 8.29. The Kier molecular flexibility index (Phi) is 13.1. The Morgan fingerprint density at radius 3 is 1.23 bits per heavy atom. The molecule has 14 aromatic rings. The third-order valence-electron chi connectivity index (χ3n) is 24.1. The SMILES string of the molecule is Cc1c(-c2cc3c4c(c2C)-c2cc(C(C)(C)C)cc5c6cc(C(C)(C)C)ccc6n(c25)B4c2cc(C(C)(C)C)cc4c5cc(C(C)(C)C)ccc5n-3c24)cc2c(c1-c1cc(C(C)(C)C)cc3c1[nH]c1ccc(C(C)(C)C)cc13)Bc1cc(C(C)(C)C)cc3c4cc(C(C)(C)C)ccc4n-2c13. The third-order valence-corrected chi connectivity index (χ3v) is 24.1. The molecule has 3 aliphatic heterocycles. The van der Waals surface area contributed by atoms with E-state index >= 15 is 0 Å². The lowest BCUT2D eigenvalue weighted by Crippen LogP contribution is -2.55. The summed E-state index contributed by atoms with van der Waals surface area (Å²) >= 11 is 0. The van der Waals surface area contributed by atoms with Gasteiger partial charge in [-0.05, 0) is 249 Å². The molecule has 0 saturated heterocycles. The van der Waals surface area contributed by atoms with E-state index in [0.29, 0.717) is 0 Å². The van der Waals surface area contributed by atoms with Gasteiger partial charge in [-0.15, -0.1) is 0 Å². The minimum Gasteiger partial charge on any atom is -0.375 e. The van der Waals surface area contributed by atoms with Gasteiger partial charge >= 0.3 is 6.85 Å². The molecule has 6 heteroatoms. The summed E-state index contributed by atoms with van der Waals surface area (Å²) in [5.41, 5.74) is 39.0. The molecule has 0 aliphatic carbocycles. The van der Waals surface area contributed by atoms with Gasteiger partial charge in [-0.1, -0.05) is 208 Å². The Labute approximate surface area is 595 Å². The van der Waals surface area contributed by atoms with Crippen LogP contribution in [0.4, 0.5) is 0 Å². The van der Waals surface area contributed by atoms with Crippen molar-refractivity contribution in [2.24, 2.45) is 0 Å². The molecule has 7 heterocycles. The van der Waals surface area contributed by atoms with Crippen LogP contribution in [-0.4, -0.2) is 32.7 Å². The lowest BCUT2D eigenvalue weighted by molar-refractivity contribution is 0.590. The van der Waals surface area contributed by atoms with Crippen LogP contribution < -0.4 is 21.9 Å². The summed E-state index contributed by atoms with van der Waals surface area (Å²) in [5, 5.41) is 10.6. The Morgan fingerprint density at radius 2 is 0.710 bits per heavy atom. The van der Waals surface area contributed by atoms with Crippen LogP contribution in [0, 0.1) is 13.8 Å². The third kappa shape index (κ3) is 9.24. The van der Waals surface area contributed by atoms with Crippen molar-refractivity contribution in [3.63, 3.8) is 0 Å². The maximum Gasteiger partial charge on any atom is 0.333 e. The average molecular weight is 1310 g/mol. The molecule has 0 bridgehead atoms. The topological polar surface area (TPSA) is 30.6 Å². The Balaban J connectivity index is 1.09. The largest absolute Gasteiger partial charge is 0.375 e. The molecule has 0 atom stereocenters. The quantitative estimate of drug-likeness (QED) is 0.167. The van der Waals surface area contributed by atoms with E-state index in [-0.39, 0.29) is 50.2 Å². The van der Waals surface area contributed by atoms with Crippen molar-refractivity contribution < 1.29 is 0 Å². The van der Waals surface area contributed by atoms with Gasteiger partial charge in [-0.2, -0.15) is 0 Å². The van der Waals surface area contributed by atoms with Crippen LogP contribution in [-0.2, 0) is 43.3 Å². The van der Waals surface area contributed by atoms with Crippen molar-refractivity contribution in [2.75, 3.05) is 0 Å². The van der Waals surface area contributed by atoms with Gasteiger partial charge < -0.3 is 18.6 Å². The highest BCUT2D eigenvalue weighted by Crippen LogP contribution is 2.52. The zero-order valence-electron chi connectivity index (χ0n) is 64.8. The lowest BCUT2D eigenvalue weighted by atomic mass is 9.44. The van der Waals surface area contributed by atoms with Gasteiger partial charge in [-0.25, -0.2) is 0 Å². The van der Waals surface area contributed by atoms with Crippen LogP contribution in [0.1, 0.15) is 222 Å². The molecule has 100 heavy (non-hydrogen) atoms. The maximum absolute atomic E-state index is 4.20.